The van der Waals surface area contributed by atoms with E-state index in [2.05, 4.69) is 9.84 Å². The van der Waals surface area contributed by atoms with E-state index < -0.39 is 12.0 Å². The number of aromatic nitrogens is 2. The molecule has 0 aromatic carbocycles. The zero-order chi connectivity index (χ0) is 10.7. The minimum Gasteiger partial charge on any atom is -0.464 e. The van der Waals surface area contributed by atoms with Gasteiger partial charge in [0.25, 0.3) is 0 Å². The number of aryl methyl sites for hydroxylation is 1. The van der Waals surface area contributed by atoms with E-state index in [1.807, 2.05) is 0 Å². The van der Waals surface area contributed by atoms with Crippen LogP contribution in [0.1, 0.15) is 22.1 Å². The lowest BCUT2D eigenvalue weighted by Crippen LogP contribution is -2.17. The van der Waals surface area contributed by atoms with Crippen LogP contribution in [-0.4, -0.2) is 34.6 Å². The highest BCUT2D eigenvalue weighted by Gasteiger charge is 2.20. The Balaban J connectivity index is 3.08. The lowest BCUT2D eigenvalue weighted by atomic mass is 10.1. The summed E-state index contributed by atoms with van der Waals surface area (Å²) in [6.45, 7) is -0.240. The molecule has 78 valence electrons. The predicted octanol–water partition coefficient (Wildman–Crippen LogP) is -0.801. The minimum atomic E-state index is -0.613. The summed E-state index contributed by atoms with van der Waals surface area (Å²) in [6.07, 6.45) is 1.59. The fourth-order valence-electron chi connectivity index (χ4n) is 1.13. The number of nitrogens with two attached hydrogens (primary N) is 1. The summed E-state index contributed by atoms with van der Waals surface area (Å²) >= 11 is 0. The maximum absolute atomic E-state index is 11.2. The van der Waals surface area contributed by atoms with Crippen LogP contribution in [0.4, 0.5) is 0 Å². The molecule has 0 amide bonds. The lowest BCUT2D eigenvalue weighted by molar-refractivity contribution is 0.0591. The molecule has 1 atom stereocenters. The van der Waals surface area contributed by atoms with Crippen LogP contribution >= 0.6 is 0 Å². The van der Waals surface area contributed by atoms with Crippen LogP contribution in [0.5, 0.6) is 0 Å². The first-order valence-electron chi connectivity index (χ1n) is 4.08. The van der Waals surface area contributed by atoms with Crippen LogP contribution in [0.2, 0.25) is 0 Å². The van der Waals surface area contributed by atoms with Gasteiger partial charge in [-0.1, -0.05) is 0 Å². The molecule has 0 aliphatic carbocycles. The Morgan fingerprint density at radius 1 is 1.86 bits per heavy atom. The number of nitrogens with zero attached hydrogens (tertiary/aromatic N) is 2. The van der Waals surface area contributed by atoms with Gasteiger partial charge < -0.3 is 15.6 Å². The van der Waals surface area contributed by atoms with Gasteiger partial charge in [-0.3, -0.25) is 4.68 Å². The molecule has 0 saturated carbocycles. The number of carbonyl (C=O) groups excluding carboxylic acids is 1. The van der Waals surface area contributed by atoms with Gasteiger partial charge in [-0.15, -0.1) is 0 Å². The Kier molecular flexibility index (Phi) is 3.21. The van der Waals surface area contributed by atoms with Crippen LogP contribution in [0, 0.1) is 0 Å². The average molecular weight is 199 g/mol. The normalized spacial score (nSPS) is 12.6. The lowest BCUT2D eigenvalue weighted by Gasteiger charge is -2.06. The van der Waals surface area contributed by atoms with Crippen molar-refractivity contribution < 1.29 is 14.6 Å². The topological polar surface area (TPSA) is 90.4 Å². The van der Waals surface area contributed by atoms with Crippen LogP contribution in [0.3, 0.4) is 0 Å². The van der Waals surface area contributed by atoms with Gasteiger partial charge in [0.1, 0.15) is 0 Å². The Labute approximate surface area is 81.3 Å². The molecule has 0 bridgehead atoms. The van der Waals surface area contributed by atoms with Crippen LogP contribution < -0.4 is 5.73 Å². The van der Waals surface area contributed by atoms with Gasteiger partial charge >= 0.3 is 5.97 Å². The largest absolute Gasteiger partial charge is 0.464 e. The fourth-order valence-corrected chi connectivity index (χ4v) is 1.13. The first kappa shape index (κ1) is 10.7. The number of hydrogen-bond donors (Lipinski definition) is 2. The van der Waals surface area contributed by atoms with Gasteiger partial charge in [0.2, 0.25) is 0 Å². The zero-order valence-corrected chi connectivity index (χ0v) is 8.10. The van der Waals surface area contributed by atoms with Gasteiger partial charge in [0, 0.05) is 18.8 Å². The SMILES string of the molecule is COC(=O)c1nn(C)cc1[C@H](N)CO. The van der Waals surface area contributed by atoms with E-state index in [0.717, 1.165) is 0 Å². The van der Waals surface area contributed by atoms with E-state index in [1.54, 1.807) is 13.2 Å². The Hall–Kier alpha value is -1.40. The molecular weight excluding hydrogens is 186 g/mol. The minimum absolute atomic E-state index is 0.150. The molecule has 0 fully saturated rings. The zero-order valence-electron chi connectivity index (χ0n) is 8.10. The van der Waals surface area contributed by atoms with Crippen LogP contribution in [-0.2, 0) is 11.8 Å². The number of esters is 1. The molecule has 0 spiro atoms. The fraction of sp³-hybridized carbons (Fsp3) is 0.500. The third kappa shape index (κ3) is 1.91. The van der Waals surface area contributed by atoms with Gasteiger partial charge in [-0.2, -0.15) is 5.10 Å². The molecule has 3 N–H and O–H groups in total. The number of carbonyl (C=O) groups is 1. The van der Waals surface area contributed by atoms with Gasteiger partial charge in [0.15, 0.2) is 5.69 Å². The molecular formula is C8H13N3O3. The third-order valence-electron chi connectivity index (χ3n) is 1.83. The first-order valence-corrected chi connectivity index (χ1v) is 4.08. The summed E-state index contributed by atoms with van der Waals surface area (Å²) in [5.41, 5.74) is 6.23. The highest BCUT2D eigenvalue weighted by molar-refractivity contribution is 5.88. The number of rotatable bonds is 3. The highest BCUT2D eigenvalue weighted by atomic mass is 16.5. The molecule has 1 aromatic rings. The van der Waals surface area contributed by atoms with Gasteiger partial charge in [-0.05, 0) is 0 Å². The number of aliphatic hydroxyl groups is 1. The molecule has 0 aliphatic heterocycles. The standard InChI is InChI=1S/C8H13N3O3/c1-11-3-5(6(9)4-12)7(10-11)8(13)14-2/h3,6,12H,4,9H2,1-2H3/t6-/m1/s1. The van der Waals surface area contributed by atoms with Crippen molar-refractivity contribution in [3.8, 4) is 0 Å². The maximum atomic E-state index is 11.2. The summed E-state index contributed by atoms with van der Waals surface area (Å²) in [5.74, 6) is -0.551. The smallest absolute Gasteiger partial charge is 0.358 e. The van der Waals surface area contributed by atoms with E-state index in [0.29, 0.717) is 5.56 Å². The Morgan fingerprint density at radius 2 is 2.50 bits per heavy atom. The summed E-state index contributed by atoms with van der Waals surface area (Å²) in [7, 11) is 2.94. The number of ether oxygens (including phenoxy) is 1. The first-order chi connectivity index (χ1) is 6.60. The molecule has 1 heterocycles. The second kappa shape index (κ2) is 4.21. The van der Waals surface area contributed by atoms with Crippen molar-refractivity contribution in [2.45, 2.75) is 6.04 Å². The molecule has 6 heteroatoms. The third-order valence-corrected chi connectivity index (χ3v) is 1.83. The number of hydrogen-bond acceptors (Lipinski definition) is 5. The molecule has 6 nitrogen and oxygen atoms in total. The van der Waals surface area contributed by atoms with Crippen molar-refractivity contribution in [2.24, 2.45) is 12.8 Å². The maximum Gasteiger partial charge on any atom is 0.358 e. The summed E-state index contributed by atoms with van der Waals surface area (Å²) in [4.78, 5) is 11.2. The Morgan fingerprint density at radius 3 is 3.00 bits per heavy atom. The van der Waals surface area contributed by atoms with Crippen LogP contribution in [0.15, 0.2) is 6.20 Å². The molecule has 14 heavy (non-hydrogen) atoms. The molecule has 0 aliphatic rings. The quantitative estimate of drug-likeness (QED) is 0.622. The monoisotopic (exact) mass is 199 g/mol. The summed E-state index contributed by atoms with van der Waals surface area (Å²) in [5, 5.41) is 12.8. The molecule has 0 unspecified atom stereocenters. The van der Waals surface area contributed by atoms with E-state index in [1.165, 1.54) is 11.8 Å². The predicted molar refractivity (Wildman–Crippen MR) is 48.6 cm³/mol. The van der Waals surface area contributed by atoms with Crippen LogP contribution in [0.25, 0.3) is 0 Å². The highest BCUT2D eigenvalue weighted by Crippen LogP contribution is 2.14. The van der Waals surface area contributed by atoms with Crippen molar-refractivity contribution in [1.82, 2.24) is 9.78 Å². The molecule has 0 radical (unpaired) electrons. The van der Waals surface area contributed by atoms with E-state index in [4.69, 9.17) is 10.8 Å². The van der Waals surface area contributed by atoms with Gasteiger partial charge in [-0.25, -0.2) is 4.79 Å². The molecule has 1 aromatic heterocycles. The average Bonchev–Trinajstić information content (AvgIpc) is 2.58. The number of aliphatic hydroxyl groups excluding tert-OH is 1. The van der Waals surface area contributed by atoms with Gasteiger partial charge in [0.05, 0.1) is 19.8 Å². The van der Waals surface area contributed by atoms with Crippen molar-refractivity contribution in [3.63, 3.8) is 0 Å². The second-order valence-corrected chi connectivity index (χ2v) is 2.89. The summed E-state index contributed by atoms with van der Waals surface area (Å²) in [6, 6.07) is -0.613. The van der Waals surface area contributed by atoms with E-state index in [-0.39, 0.29) is 12.3 Å². The van der Waals surface area contributed by atoms with Crippen molar-refractivity contribution in [1.29, 1.82) is 0 Å². The Bertz CT molecular complexity index is 335. The van der Waals surface area contributed by atoms with E-state index in [9.17, 15) is 4.79 Å². The summed E-state index contributed by atoms with van der Waals surface area (Å²) < 4.78 is 5.99. The second-order valence-electron chi connectivity index (χ2n) is 2.89. The molecule has 1 rings (SSSR count). The van der Waals surface area contributed by atoms with Crippen molar-refractivity contribution >= 4 is 5.97 Å². The van der Waals surface area contributed by atoms with Crippen molar-refractivity contribution in [2.75, 3.05) is 13.7 Å². The van der Waals surface area contributed by atoms with Crippen molar-refractivity contribution in [3.05, 3.63) is 17.5 Å². The molecule has 0 saturated heterocycles. The van der Waals surface area contributed by atoms with E-state index >= 15 is 0 Å². The number of methoxy groups -OCH3 is 1.